The zero-order valence-electron chi connectivity index (χ0n) is 18.7. The van der Waals surface area contributed by atoms with Gasteiger partial charge in [0.1, 0.15) is 5.82 Å². The second kappa shape index (κ2) is 8.58. The van der Waals surface area contributed by atoms with E-state index in [0.717, 1.165) is 23.3 Å². The number of carbonyl (C=O) groups excluding carboxylic acids is 2. The number of carbonyl (C=O) groups is 2. The van der Waals surface area contributed by atoms with E-state index in [4.69, 9.17) is 0 Å². The summed E-state index contributed by atoms with van der Waals surface area (Å²) in [6.45, 7) is 2.63. The fourth-order valence-corrected chi connectivity index (χ4v) is 4.33. The first kappa shape index (κ1) is 21.6. The van der Waals surface area contributed by atoms with Gasteiger partial charge in [0.15, 0.2) is 11.2 Å². The molecule has 0 saturated carbocycles. The van der Waals surface area contributed by atoms with Crippen LogP contribution in [0, 0.1) is 0 Å². The number of aromatic amines is 1. The fraction of sp³-hybridized carbons (Fsp3) is 0.240. The second-order valence-electron chi connectivity index (χ2n) is 8.28. The quantitative estimate of drug-likeness (QED) is 0.429. The van der Waals surface area contributed by atoms with Gasteiger partial charge >= 0.3 is 5.69 Å². The van der Waals surface area contributed by atoms with Crippen molar-refractivity contribution >= 4 is 23.0 Å². The Morgan fingerprint density at radius 3 is 2.12 bits per heavy atom. The molecule has 0 atom stereocenters. The Bertz CT molecular complexity index is 1500. The molecule has 0 aliphatic carbocycles. The van der Waals surface area contributed by atoms with Crippen molar-refractivity contribution in [3.8, 4) is 0 Å². The summed E-state index contributed by atoms with van der Waals surface area (Å²) in [5.41, 5.74) is 0.972. The Morgan fingerprint density at radius 2 is 1.47 bits per heavy atom. The van der Waals surface area contributed by atoms with Crippen LogP contribution in [0.3, 0.4) is 0 Å². The zero-order chi connectivity index (χ0) is 23.8. The Kier molecular flexibility index (Phi) is 5.45. The lowest BCUT2D eigenvalue weighted by atomic mass is 10.1. The minimum absolute atomic E-state index is 0.0935. The molecule has 4 aromatic rings. The third-order valence-corrected chi connectivity index (χ3v) is 6.06. The predicted molar refractivity (Wildman–Crippen MR) is 126 cm³/mol. The number of benzene rings is 2. The third kappa shape index (κ3) is 3.55. The van der Waals surface area contributed by atoms with Gasteiger partial charge < -0.3 is 4.57 Å². The summed E-state index contributed by atoms with van der Waals surface area (Å²) in [5.74, 6) is -0.411. The van der Waals surface area contributed by atoms with Crippen LogP contribution in [-0.4, -0.2) is 35.8 Å². The van der Waals surface area contributed by atoms with Gasteiger partial charge in [0.25, 0.3) is 17.4 Å². The van der Waals surface area contributed by atoms with E-state index >= 15 is 0 Å². The molecular formula is C25H23N5O4. The highest BCUT2D eigenvalue weighted by molar-refractivity contribution is 6.21. The molecule has 2 aromatic heterocycles. The van der Waals surface area contributed by atoms with Crippen molar-refractivity contribution in [1.82, 2.24) is 24.0 Å². The standard InChI is InChI=1S/C25H23N5O4/c1-2-3-13-28-19(15-30-23(32)17-11-7-8-12-18(17)24(30)33)26-21-20(28)22(31)27-25(34)29(21)14-16-9-5-4-6-10-16/h4-12H,2-3,13-15H2,1H3,(H,27,31,34). The van der Waals surface area contributed by atoms with Crippen LogP contribution < -0.4 is 11.2 Å². The number of aromatic nitrogens is 4. The van der Waals surface area contributed by atoms with Crippen LogP contribution in [0.1, 0.15) is 51.9 Å². The number of nitrogens with one attached hydrogen (secondary N) is 1. The number of H-pyrrole nitrogens is 1. The molecule has 0 unspecified atom stereocenters. The molecule has 0 radical (unpaired) electrons. The molecule has 5 rings (SSSR count). The SMILES string of the molecule is CCCCn1c(CN2C(=O)c3ccccc3C2=O)nc2c1c(=O)[nH]c(=O)n2Cc1ccccc1. The molecular weight excluding hydrogens is 434 g/mol. The van der Waals surface area contributed by atoms with Crippen molar-refractivity contribution in [2.24, 2.45) is 0 Å². The Balaban J connectivity index is 1.63. The summed E-state index contributed by atoms with van der Waals surface area (Å²) in [6, 6.07) is 16.1. The van der Waals surface area contributed by atoms with E-state index in [1.54, 1.807) is 28.8 Å². The van der Waals surface area contributed by atoms with Crippen molar-refractivity contribution in [3.05, 3.63) is 98.0 Å². The highest BCUT2D eigenvalue weighted by Crippen LogP contribution is 2.25. The van der Waals surface area contributed by atoms with Gasteiger partial charge in [0.05, 0.1) is 24.2 Å². The van der Waals surface area contributed by atoms with E-state index in [0.29, 0.717) is 23.5 Å². The molecule has 2 amide bonds. The van der Waals surface area contributed by atoms with Crippen LogP contribution in [0.4, 0.5) is 0 Å². The zero-order valence-corrected chi connectivity index (χ0v) is 18.7. The van der Waals surface area contributed by atoms with Gasteiger partial charge in [-0.1, -0.05) is 55.8 Å². The number of hydrogen-bond donors (Lipinski definition) is 1. The van der Waals surface area contributed by atoms with Crippen molar-refractivity contribution in [1.29, 1.82) is 0 Å². The van der Waals surface area contributed by atoms with E-state index in [1.807, 2.05) is 37.3 Å². The van der Waals surface area contributed by atoms with Gasteiger partial charge in [-0.05, 0) is 24.1 Å². The Labute approximate surface area is 194 Å². The van der Waals surface area contributed by atoms with Crippen LogP contribution in [0.15, 0.2) is 64.2 Å². The van der Waals surface area contributed by atoms with Gasteiger partial charge in [0.2, 0.25) is 0 Å². The number of amides is 2. The van der Waals surface area contributed by atoms with Crippen LogP contribution >= 0.6 is 0 Å². The molecule has 2 aromatic carbocycles. The van der Waals surface area contributed by atoms with Crippen molar-refractivity contribution in [2.45, 2.75) is 39.4 Å². The number of nitrogens with zero attached hydrogens (tertiary/aromatic N) is 4. The smallest absolute Gasteiger partial charge is 0.321 e. The van der Waals surface area contributed by atoms with Crippen molar-refractivity contribution < 1.29 is 9.59 Å². The molecule has 1 N–H and O–H groups in total. The maximum Gasteiger partial charge on any atom is 0.330 e. The van der Waals surface area contributed by atoms with Gasteiger partial charge in [-0.15, -0.1) is 0 Å². The minimum atomic E-state index is -0.561. The van der Waals surface area contributed by atoms with E-state index in [1.165, 1.54) is 4.57 Å². The lowest BCUT2D eigenvalue weighted by Gasteiger charge is -2.15. The molecule has 9 heteroatoms. The van der Waals surface area contributed by atoms with E-state index < -0.39 is 23.1 Å². The van der Waals surface area contributed by atoms with Crippen LogP contribution in [0.25, 0.3) is 11.2 Å². The largest absolute Gasteiger partial charge is 0.330 e. The molecule has 3 heterocycles. The molecule has 0 saturated heterocycles. The number of unbranched alkanes of at least 4 members (excludes halogenated alkanes) is 1. The summed E-state index contributed by atoms with van der Waals surface area (Å²) in [6.07, 6.45) is 1.63. The number of rotatable bonds is 7. The maximum absolute atomic E-state index is 12.9. The average molecular weight is 457 g/mol. The highest BCUT2D eigenvalue weighted by Gasteiger charge is 2.36. The molecule has 0 spiro atoms. The van der Waals surface area contributed by atoms with Gasteiger partial charge in [-0.25, -0.2) is 9.78 Å². The third-order valence-electron chi connectivity index (χ3n) is 6.06. The first-order valence-electron chi connectivity index (χ1n) is 11.2. The fourth-order valence-electron chi connectivity index (χ4n) is 4.33. The summed E-state index contributed by atoms with van der Waals surface area (Å²) in [7, 11) is 0. The molecule has 34 heavy (non-hydrogen) atoms. The number of imide groups is 1. The van der Waals surface area contributed by atoms with Crippen LogP contribution in [0.2, 0.25) is 0 Å². The van der Waals surface area contributed by atoms with Gasteiger partial charge in [0, 0.05) is 6.54 Å². The van der Waals surface area contributed by atoms with Gasteiger partial charge in [-0.2, -0.15) is 0 Å². The molecule has 0 fully saturated rings. The summed E-state index contributed by atoms with van der Waals surface area (Å²) in [5, 5.41) is 0. The minimum Gasteiger partial charge on any atom is -0.321 e. The first-order chi connectivity index (χ1) is 16.5. The molecule has 9 nitrogen and oxygen atoms in total. The molecule has 1 aliphatic rings. The van der Waals surface area contributed by atoms with Crippen LogP contribution in [0.5, 0.6) is 0 Å². The topological polar surface area (TPSA) is 110 Å². The Morgan fingerprint density at radius 1 is 0.824 bits per heavy atom. The van der Waals surface area contributed by atoms with E-state index in [2.05, 4.69) is 9.97 Å². The summed E-state index contributed by atoms with van der Waals surface area (Å²) in [4.78, 5) is 59.6. The van der Waals surface area contributed by atoms with Gasteiger partial charge in [-0.3, -0.25) is 28.8 Å². The second-order valence-corrected chi connectivity index (χ2v) is 8.28. The maximum atomic E-state index is 12.9. The highest BCUT2D eigenvalue weighted by atomic mass is 16.2. The molecule has 1 aliphatic heterocycles. The van der Waals surface area contributed by atoms with Crippen molar-refractivity contribution in [3.63, 3.8) is 0 Å². The Hall–Kier alpha value is -4.27. The number of hydrogen-bond acceptors (Lipinski definition) is 5. The lowest BCUT2D eigenvalue weighted by Crippen LogP contribution is -2.32. The van der Waals surface area contributed by atoms with E-state index in [9.17, 15) is 19.2 Å². The van der Waals surface area contributed by atoms with Crippen LogP contribution in [-0.2, 0) is 19.6 Å². The lowest BCUT2D eigenvalue weighted by molar-refractivity contribution is 0.0636. The van der Waals surface area contributed by atoms with Crippen molar-refractivity contribution in [2.75, 3.05) is 0 Å². The number of imidazole rings is 1. The number of aryl methyl sites for hydroxylation is 1. The van der Waals surface area contributed by atoms with E-state index in [-0.39, 0.29) is 24.3 Å². The average Bonchev–Trinajstić information content (AvgIpc) is 3.32. The summed E-state index contributed by atoms with van der Waals surface area (Å²) < 4.78 is 3.14. The predicted octanol–water partition coefficient (Wildman–Crippen LogP) is 2.53. The normalized spacial score (nSPS) is 13.1. The number of fused-ring (bicyclic) bond motifs is 2. The molecule has 0 bridgehead atoms. The first-order valence-corrected chi connectivity index (χ1v) is 11.2. The molecule has 172 valence electrons. The summed E-state index contributed by atoms with van der Waals surface area (Å²) >= 11 is 0. The monoisotopic (exact) mass is 457 g/mol.